The number of pyridine rings is 2. The van der Waals surface area contributed by atoms with Gasteiger partial charge in [0.25, 0.3) is 0 Å². The van der Waals surface area contributed by atoms with Crippen LogP contribution in [-0.2, 0) is 6.42 Å². The summed E-state index contributed by atoms with van der Waals surface area (Å²) < 4.78 is 0. The van der Waals surface area contributed by atoms with Gasteiger partial charge in [0, 0.05) is 17.5 Å². The van der Waals surface area contributed by atoms with E-state index in [2.05, 4.69) is 9.97 Å². The smallest absolute Gasteiger partial charge is 0.124 e. The minimum atomic E-state index is 0.519. The number of nitrogens with two attached hydrogens (primary N) is 2. The molecule has 82 valence electrons. The third-order valence-electron chi connectivity index (χ3n) is 2.42. The summed E-state index contributed by atoms with van der Waals surface area (Å²) in [5, 5.41) is 0. The second-order valence-corrected chi connectivity index (χ2v) is 3.59. The normalized spacial score (nSPS) is 10.3. The minimum absolute atomic E-state index is 0.519. The molecule has 4 nitrogen and oxygen atoms in total. The molecule has 2 heterocycles. The van der Waals surface area contributed by atoms with Gasteiger partial charge >= 0.3 is 0 Å². The molecular weight excluding hydrogens is 200 g/mol. The van der Waals surface area contributed by atoms with Gasteiger partial charge in [-0.15, -0.1) is 0 Å². The van der Waals surface area contributed by atoms with Crippen molar-refractivity contribution in [2.45, 2.75) is 13.3 Å². The molecule has 0 aliphatic rings. The van der Waals surface area contributed by atoms with Crippen molar-refractivity contribution in [3.8, 4) is 11.1 Å². The maximum absolute atomic E-state index is 5.87. The molecule has 0 spiro atoms. The van der Waals surface area contributed by atoms with E-state index >= 15 is 0 Å². The number of aromatic nitrogens is 2. The SMILES string of the molecule is CCc1cc(-c2ccncc2N)cc(N)n1. The lowest BCUT2D eigenvalue weighted by Gasteiger charge is -2.07. The number of anilines is 2. The van der Waals surface area contributed by atoms with E-state index < -0.39 is 0 Å². The number of nitrogen functional groups attached to an aromatic ring is 2. The van der Waals surface area contributed by atoms with Crippen LogP contribution in [0.1, 0.15) is 12.6 Å². The van der Waals surface area contributed by atoms with Crippen molar-refractivity contribution in [2.24, 2.45) is 0 Å². The zero-order valence-electron chi connectivity index (χ0n) is 9.14. The molecule has 4 heteroatoms. The fourth-order valence-corrected chi connectivity index (χ4v) is 1.62. The van der Waals surface area contributed by atoms with Gasteiger partial charge in [-0.2, -0.15) is 0 Å². The maximum atomic E-state index is 5.87. The van der Waals surface area contributed by atoms with Gasteiger partial charge in [0.2, 0.25) is 0 Å². The lowest BCUT2D eigenvalue weighted by Crippen LogP contribution is -1.97. The van der Waals surface area contributed by atoms with E-state index in [4.69, 9.17) is 11.5 Å². The van der Waals surface area contributed by atoms with Crippen LogP contribution in [0.25, 0.3) is 11.1 Å². The van der Waals surface area contributed by atoms with Crippen molar-refractivity contribution in [3.63, 3.8) is 0 Å². The van der Waals surface area contributed by atoms with Crippen LogP contribution >= 0.6 is 0 Å². The minimum Gasteiger partial charge on any atom is -0.397 e. The second kappa shape index (κ2) is 4.18. The zero-order chi connectivity index (χ0) is 11.5. The summed E-state index contributed by atoms with van der Waals surface area (Å²) in [5.74, 6) is 0.519. The Kier molecular flexibility index (Phi) is 2.72. The Morgan fingerprint density at radius 1 is 1.25 bits per heavy atom. The summed E-state index contributed by atoms with van der Waals surface area (Å²) in [4.78, 5) is 8.19. The number of hydrogen-bond acceptors (Lipinski definition) is 4. The molecule has 2 rings (SSSR count). The van der Waals surface area contributed by atoms with Gasteiger partial charge in [0.15, 0.2) is 0 Å². The van der Waals surface area contributed by atoms with Gasteiger partial charge in [-0.3, -0.25) is 4.98 Å². The zero-order valence-corrected chi connectivity index (χ0v) is 9.14. The van der Waals surface area contributed by atoms with Crippen LogP contribution in [0.15, 0.2) is 30.6 Å². The summed E-state index contributed by atoms with van der Waals surface area (Å²) in [7, 11) is 0. The Hall–Kier alpha value is -2.10. The van der Waals surface area contributed by atoms with E-state index in [0.717, 1.165) is 23.2 Å². The molecule has 0 amide bonds. The monoisotopic (exact) mass is 214 g/mol. The largest absolute Gasteiger partial charge is 0.397 e. The summed E-state index contributed by atoms with van der Waals surface area (Å²) in [6.45, 7) is 2.04. The molecule has 0 aromatic carbocycles. The lowest BCUT2D eigenvalue weighted by molar-refractivity contribution is 1.04. The lowest BCUT2D eigenvalue weighted by atomic mass is 10.1. The van der Waals surface area contributed by atoms with Crippen LogP contribution in [0.2, 0.25) is 0 Å². The van der Waals surface area contributed by atoms with Gasteiger partial charge in [-0.25, -0.2) is 4.98 Å². The van der Waals surface area contributed by atoms with Crippen molar-refractivity contribution in [1.82, 2.24) is 9.97 Å². The summed E-state index contributed by atoms with van der Waals surface area (Å²) in [5.41, 5.74) is 15.2. The first-order valence-electron chi connectivity index (χ1n) is 5.17. The van der Waals surface area contributed by atoms with Gasteiger partial charge in [-0.05, 0) is 30.2 Å². The summed E-state index contributed by atoms with van der Waals surface area (Å²) in [6, 6.07) is 5.70. The summed E-state index contributed by atoms with van der Waals surface area (Å²) >= 11 is 0. The highest BCUT2D eigenvalue weighted by atomic mass is 14.8. The molecule has 0 aliphatic heterocycles. The molecule has 16 heavy (non-hydrogen) atoms. The highest BCUT2D eigenvalue weighted by Gasteiger charge is 2.05. The van der Waals surface area contributed by atoms with Gasteiger partial charge in [0.05, 0.1) is 11.9 Å². The Balaban J connectivity index is 2.56. The second-order valence-electron chi connectivity index (χ2n) is 3.59. The fraction of sp³-hybridized carbons (Fsp3) is 0.167. The highest BCUT2D eigenvalue weighted by molar-refractivity contribution is 5.76. The van der Waals surface area contributed by atoms with E-state index in [1.54, 1.807) is 12.4 Å². The van der Waals surface area contributed by atoms with Crippen LogP contribution in [0.4, 0.5) is 11.5 Å². The fourth-order valence-electron chi connectivity index (χ4n) is 1.62. The third-order valence-corrected chi connectivity index (χ3v) is 2.42. The average molecular weight is 214 g/mol. The molecule has 0 saturated carbocycles. The maximum Gasteiger partial charge on any atom is 0.124 e. The van der Waals surface area contributed by atoms with Gasteiger partial charge in [0.1, 0.15) is 5.82 Å². The standard InChI is InChI=1S/C12H14N4/c1-2-9-5-8(6-12(14)16-9)10-3-4-15-7-11(10)13/h3-7H,2,13H2,1H3,(H2,14,16). The van der Waals surface area contributed by atoms with Crippen LogP contribution in [-0.4, -0.2) is 9.97 Å². The van der Waals surface area contributed by atoms with E-state index in [9.17, 15) is 0 Å². The number of nitrogens with zero attached hydrogens (tertiary/aromatic N) is 2. The Morgan fingerprint density at radius 3 is 2.75 bits per heavy atom. The molecular formula is C12H14N4. The topological polar surface area (TPSA) is 77.8 Å². The van der Waals surface area contributed by atoms with Crippen LogP contribution < -0.4 is 11.5 Å². The van der Waals surface area contributed by atoms with Crippen molar-refractivity contribution in [1.29, 1.82) is 0 Å². The van der Waals surface area contributed by atoms with Crippen LogP contribution in [0.3, 0.4) is 0 Å². The first-order valence-corrected chi connectivity index (χ1v) is 5.17. The number of hydrogen-bond donors (Lipinski definition) is 2. The third kappa shape index (κ3) is 1.95. The van der Waals surface area contributed by atoms with Crippen LogP contribution in [0.5, 0.6) is 0 Å². The first-order chi connectivity index (χ1) is 7.70. The number of rotatable bonds is 2. The molecule has 0 unspecified atom stereocenters. The van der Waals surface area contributed by atoms with E-state index in [-0.39, 0.29) is 0 Å². The van der Waals surface area contributed by atoms with Crippen molar-refractivity contribution < 1.29 is 0 Å². The summed E-state index contributed by atoms with van der Waals surface area (Å²) in [6.07, 6.45) is 4.20. The number of aryl methyl sites for hydroxylation is 1. The predicted molar refractivity (Wildman–Crippen MR) is 65.7 cm³/mol. The van der Waals surface area contributed by atoms with Crippen LogP contribution in [0, 0.1) is 0 Å². The molecule has 0 bridgehead atoms. The molecule has 4 N–H and O–H groups in total. The highest BCUT2D eigenvalue weighted by Crippen LogP contribution is 2.26. The Morgan fingerprint density at radius 2 is 2.06 bits per heavy atom. The molecule has 0 saturated heterocycles. The van der Waals surface area contributed by atoms with Crippen molar-refractivity contribution in [2.75, 3.05) is 11.5 Å². The molecule has 0 radical (unpaired) electrons. The quantitative estimate of drug-likeness (QED) is 0.800. The molecule has 2 aromatic rings. The molecule has 2 aromatic heterocycles. The molecule has 0 fully saturated rings. The average Bonchev–Trinajstić information content (AvgIpc) is 2.28. The van der Waals surface area contributed by atoms with Crippen molar-refractivity contribution >= 4 is 11.5 Å². The Bertz CT molecular complexity index is 508. The van der Waals surface area contributed by atoms with E-state index in [1.807, 2.05) is 25.1 Å². The van der Waals surface area contributed by atoms with E-state index in [1.165, 1.54) is 0 Å². The first kappa shape index (κ1) is 10.4. The molecule has 0 aliphatic carbocycles. The Labute approximate surface area is 94.3 Å². The predicted octanol–water partition coefficient (Wildman–Crippen LogP) is 1.87. The van der Waals surface area contributed by atoms with Crippen molar-refractivity contribution in [3.05, 3.63) is 36.3 Å². The van der Waals surface area contributed by atoms with Gasteiger partial charge in [-0.1, -0.05) is 6.92 Å². The van der Waals surface area contributed by atoms with Gasteiger partial charge < -0.3 is 11.5 Å². The van der Waals surface area contributed by atoms with E-state index in [0.29, 0.717) is 11.5 Å². The molecule has 0 atom stereocenters.